The molecule has 0 radical (unpaired) electrons. The van der Waals surface area contributed by atoms with E-state index in [1.54, 1.807) is 7.11 Å². The summed E-state index contributed by atoms with van der Waals surface area (Å²) in [5, 5.41) is 4.09. The molecule has 0 saturated heterocycles. The average Bonchev–Trinajstić information content (AvgIpc) is 3.23. The Morgan fingerprint density at radius 2 is 1.57 bits per heavy atom. The molecule has 28 heavy (non-hydrogen) atoms. The van der Waals surface area contributed by atoms with E-state index in [2.05, 4.69) is 10.1 Å². The second-order valence-electron chi connectivity index (χ2n) is 6.41. The lowest BCUT2D eigenvalue weighted by Gasteiger charge is -2.10. The molecule has 0 bridgehead atoms. The lowest BCUT2D eigenvalue weighted by Crippen LogP contribution is -1.98. The summed E-state index contributed by atoms with van der Waals surface area (Å²) < 4.78 is 16.6. The Bertz CT molecular complexity index is 1050. The van der Waals surface area contributed by atoms with Crippen molar-refractivity contribution in [2.24, 2.45) is 0 Å². The lowest BCUT2D eigenvalue weighted by molar-refractivity contribution is 0.296. The summed E-state index contributed by atoms with van der Waals surface area (Å²) in [5.41, 5.74) is 3.95. The van der Waals surface area contributed by atoms with Crippen molar-refractivity contribution < 1.29 is 14.0 Å². The molecule has 4 aromatic rings. The van der Waals surface area contributed by atoms with Crippen LogP contribution in [0.1, 0.15) is 11.1 Å². The highest BCUT2D eigenvalue weighted by Crippen LogP contribution is 2.25. The number of aromatic nitrogens is 2. The summed E-state index contributed by atoms with van der Waals surface area (Å²) in [6, 6.07) is 23.4. The highest BCUT2D eigenvalue weighted by Gasteiger charge is 2.11. The van der Waals surface area contributed by atoms with Gasteiger partial charge in [-0.1, -0.05) is 41.1 Å². The van der Waals surface area contributed by atoms with E-state index in [0.717, 1.165) is 28.2 Å². The number of ether oxygens (including phenoxy) is 2. The number of rotatable bonds is 6. The Kier molecular flexibility index (Phi) is 5.06. The van der Waals surface area contributed by atoms with Crippen molar-refractivity contribution in [2.75, 3.05) is 7.11 Å². The minimum Gasteiger partial charge on any atom is -0.496 e. The van der Waals surface area contributed by atoms with Gasteiger partial charge in [-0.3, -0.25) is 0 Å². The molecule has 0 saturated carbocycles. The zero-order valence-electron chi connectivity index (χ0n) is 15.8. The SMILES string of the molecule is COc1ccccc1COc1ccc(-c2noc(-c3ccc(C)cc3)n2)cc1. The standard InChI is InChI=1S/C23H20N2O3/c1-16-7-9-18(10-8-16)23-24-22(25-28-23)17-11-13-20(14-12-17)27-15-19-5-3-4-6-21(19)26-2/h3-14H,15H2,1-2H3. The number of hydrogen-bond acceptors (Lipinski definition) is 5. The summed E-state index contributed by atoms with van der Waals surface area (Å²) in [7, 11) is 1.66. The number of methoxy groups -OCH3 is 1. The fraction of sp³-hybridized carbons (Fsp3) is 0.130. The van der Waals surface area contributed by atoms with E-state index < -0.39 is 0 Å². The first-order valence-electron chi connectivity index (χ1n) is 8.99. The molecule has 5 nitrogen and oxygen atoms in total. The Labute approximate surface area is 163 Å². The minimum atomic E-state index is 0.434. The van der Waals surface area contributed by atoms with Gasteiger partial charge in [0.25, 0.3) is 5.89 Å². The van der Waals surface area contributed by atoms with Crippen LogP contribution in [-0.4, -0.2) is 17.3 Å². The van der Waals surface area contributed by atoms with Crippen LogP contribution in [0, 0.1) is 6.92 Å². The van der Waals surface area contributed by atoms with Gasteiger partial charge in [0.1, 0.15) is 18.1 Å². The number of para-hydroxylation sites is 1. The highest BCUT2D eigenvalue weighted by atomic mass is 16.5. The number of aryl methyl sites for hydroxylation is 1. The summed E-state index contributed by atoms with van der Waals surface area (Å²) in [5.74, 6) is 2.63. The summed E-state index contributed by atoms with van der Waals surface area (Å²) >= 11 is 0. The first kappa shape index (κ1) is 17.8. The van der Waals surface area contributed by atoms with Gasteiger partial charge in [-0.25, -0.2) is 0 Å². The predicted octanol–water partition coefficient (Wildman–Crippen LogP) is 5.30. The monoisotopic (exact) mass is 372 g/mol. The number of nitrogens with zero attached hydrogens (tertiary/aromatic N) is 2. The molecule has 0 atom stereocenters. The van der Waals surface area contributed by atoms with Gasteiger partial charge in [0.2, 0.25) is 5.82 Å². The van der Waals surface area contributed by atoms with E-state index in [1.165, 1.54) is 5.56 Å². The fourth-order valence-corrected chi connectivity index (χ4v) is 2.84. The van der Waals surface area contributed by atoms with Crippen LogP contribution in [0.3, 0.4) is 0 Å². The van der Waals surface area contributed by atoms with E-state index >= 15 is 0 Å². The lowest BCUT2D eigenvalue weighted by atomic mass is 10.1. The van der Waals surface area contributed by atoms with E-state index in [0.29, 0.717) is 18.3 Å². The van der Waals surface area contributed by atoms with Gasteiger partial charge in [0.05, 0.1) is 7.11 Å². The zero-order valence-corrected chi connectivity index (χ0v) is 15.8. The molecule has 4 rings (SSSR count). The molecular formula is C23H20N2O3. The third-order valence-electron chi connectivity index (χ3n) is 4.42. The van der Waals surface area contributed by atoms with Gasteiger partial charge in [-0.15, -0.1) is 0 Å². The third kappa shape index (κ3) is 3.88. The predicted molar refractivity (Wildman–Crippen MR) is 107 cm³/mol. The molecular weight excluding hydrogens is 352 g/mol. The van der Waals surface area contributed by atoms with Gasteiger partial charge in [-0.2, -0.15) is 4.98 Å². The smallest absolute Gasteiger partial charge is 0.258 e. The maximum atomic E-state index is 5.87. The summed E-state index contributed by atoms with van der Waals surface area (Å²) in [4.78, 5) is 4.49. The van der Waals surface area contributed by atoms with E-state index in [9.17, 15) is 0 Å². The van der Waals surface area contributed by atoms with E-state index in [4.69, 9.17) is 14.0 Å². The van der Waals surface area contributed by atoms with Crippen molar-refractivity contribution in [1.82, 2.24) is 10.1 Å². The second-order valence-corrected chi connectivity index (χ2v) is 6.41. The Morgan fingerprint density at radius 3 is 2.32 bits per heavy atom. The van der Waals surface area contributed by atoms with Crippen LogP contribution in [0.2, 0.25) is 0 Å². The van der Waals surface area contributed by atoms with Gasteiger partial charge >= 0.3 is 0 Å². The molecule has 0 N–H and O–H groups in total. The molecule has 1 heterocycles. The zero-order chi connectivity index (χ0) is 19.3. The molecule has 5 heteroatoms. The van der Waals surface area contributed by atoms with Crippen LogP contribution in [0.25, 0.3) is 22.8 Å². The second kappa shape index (κ2) is 7.96. The van der Waals surface area contributed by atoms with Crippen LogP contribution in [0.15, 0.2) is 77.3 Å². The molecule has 3 aromatic carbocycles. The Hall–Kier alpha value is -3.60. The Balaban J connectivity index is 1.45. The van der Waals surface area contributed by atoms with Crippen LogP contribution >= 0.6 is 0 Å². The van der Waals surface area contributed by atoms with Crippen molar-refractivity contribution in [2.45, 2.75) is 13.5 Å². The van der Waals surface area contributed by atoms with Crippen LogP contribution < -0.4 is 9.47 Å². The third-order valence-corrected chi connectivity index (χ3v) is 4.42. The van der Waals surface area contributed by atoms with Crippen molar-refractivity contribution in [3.8, 4) is 34.3 Å². The van der Waals surface area contributed by atoms with Crippen LogP contribution in [0.5, 0.6) is 11.5 Å². The molecule has 0 aliphatic rings. The van der Waals surface area contributed by atoms with Gasteiger partial charge in [0, 0.05) is 16.7 Å². The summed E-state index contributed by atoms with van der Waals surface area (Å²) in [6.45, 7) is 2.48. The first-order valence-corrected chi connectivity index (χ1v) is 8.99. The molecule has 0 amide bonds. The molecule has 0 aliphatic heterocycles. The minimum absolute atomic E-state index is 0.434. The maximum absolute atomic E-state index is 5.87. The fourth-order valence-electron chi connectivity index (χ4n) is 2.84. The van der Waals surface area contributed by atoms with E-state index in [1.807, 2.05) is 79.7 Å². The van der Waals surface area contributed by atoms with Gasteiger partial charge < -0.3 is 14.0 Å². The molecule has 1 aromatic heterocycles. The van der Waals surface area contributed by atoms with Gasteiger partial charge in [-0.05, 0) is 49.4 Å². The molecule has 0 spiro atoms. The first-order chi connectivity index (χ1) is 13.7. The van der Waals surface area contributed by atoms with Gasteiger partial charge in [0.15, 0.2) is 0 Å². The average molecular weight is 372 g/mol. The van der Waals surface area contributed by atoms with Crippen LogP contribution in [-0.2, 0) is 6.61 Å². The quantitative estimate of drug-likeness (QED) is 0.460. The maximum Gasteiger partial charge on any atom is 0.258 e. The summed E-state index contributed by atoms with van der Waals surface area (Å²) in [6.07, 6.45) is 0. The van der Waals surface area contributed by atoms with E-state index in [-0.39, 0.29) is 0 Å². The number of benzene rings is 3. The largest absolute Gasteiger partial charge is 0.496 e. The Morgan fingerprint density at radius 1 is 0.857 bits per heavy atom. The molecule has 0 aliphatic carbocycles. The van der Waals surface area contributed by atoms with Crippen molar-refractivity contribution in [3.05, 3.63) is 83.9 Å². The topological polar surface area (TPSA) is 57.4 Å². The molecule has 0 fully saturated rings. The van der Waals surface area contributed by atoms with Crippen molar-refractivity contribution >= 4 is 0 Å². The van der Waals surface area contributed by atoms with Crippen molar-refractivity contribution in [3.63, 3.8) is 0 Å². The number of hydrogen-bond donors (Lipinski definition) is 0. The molecule has 140 valence electrons. The molecule has 0 unspecified atom stereocenters. The van der Waals surface area contributed by atoms with Crippen molar-refractivity contribution in [1.29, 1.82) is 0 Å². The highest BCUT2D eigenvalue weighted by molar-refractivity contribution is 5.60. The normalized spacial score (nSPS) is 10.6. The van der Waals surface area contributed by atoms with Crippen LogP contribution in [0.4, 0.5) is 0 Å².